The van der Waals surface area contributed by atoms with E-state index in [0.29, 0.717) is 0 Å². The van der Waals surface area contributed by atoms with Crippen LogP contribution in [0.25, 0.3) is 0 Å². The summed E-state index contributed by atoms with van der Waals surface area (Å²) in [6.07, 6.45) is -2.39. The number of hydrogen-bond acceptors (Lipinski definition) is 2. The third-order valence-corrected chi connectivity index (χ3v) is 2.42. The molecule has 0 aromatic heterocycles. The zero-order valence-electron chi connectivity index (χ0n) is 8.77. The van der Waals surface area contributed by atoms with Crippen LogP contribution in [0.2, 0.25) is 0 Å². The van der Waals surface area contributed by atoms with Crippen molar-refractivity contribution in [2.24, 2.45) is 5.92 Å². The van der Waals surface area contributed by atoms with Gasteiger partial charge in [-0.25, -0.2) is 0 Å². The molecular formula is C9H16ClF3N2O. The van der Waals surface area contributed by atoms with Gasteiger partial charge in [0, 0.05) is 6.42 Å². The predicted octanol–water partition coefficient (Wildman–Crippen LogP) is 1.48. The average molecular weight is 261 g/mol. The molecule has 1 fully saturated rings. The molecule has 0 aliphatic carbocycles. The molecule has 1 heterocycles. The van der Waals surface area contributed by atoms with Crippen LogP contribution >= 0.6 is 12.4 Å². The number of hydrogen-bond donors (Lipinski definition) is 2. The summed E-state index contributed by atoms with van der Waals surface area (Å²) < 4.78 is 35.3. The molecule has 0 saturated carbocycles. The number of rotatable bonds is 3. The first-order chi connectivity index (χ1) is 6.97. The largest absolute Gasteiger partial charge is 0.405 e. The summed E-state index contributed by atoms with van der Waals surface area (Å²) in [7, 11) is 0. The molecule has 1 amide bonds. The molecule has 2 N–H and O–H groups in total. The van der Waals surface area contributed by atoms with Gasteiger partial charge in [-0.3, -0.25) is 4.79 Å². The van der Waals surface area contributed by atoms with Gasteiger partial charge in [0.25, 0.3) is 0 Å². The smallest absolute Gasteiger partial charge is 0.347 e. The highest BCUT2D eigenvalue weighted by Crippen LogP contribution is 2.16. The zero-order chi connectivity index (χ0) is 11.3. The van der Waals surface area contributed by atoms with E-state index in [1.54, 1.807) is 0 Å². The number of carbonyl (C=O) groups excluding carboxylic acids is 1. The fourth-order valence-corrected chi connectivity index (χ4v) is 1.62. The molecule has 96 valence electrons. The van der Waals surface area contributed by atoms with Gasteiger partial charge >= 0.3 is 6.18 Å². The maximum atomic E-state index is 11.8. The van der Waals surface area contributed by atoms with Crippen LogP contribution < -0.4 is 10.6 Å². The fourth-order valence-electron chi connectivity index (χ4n) is 1.62. The lowest BCUT2D eigenvalue weighted by molar-refractivity contribution is -0.139. The van der Waals surface area contributed by atoms with Gasteiger partial charge in [0.15, 0.2) is 0 Å². The molecule has 0 spiro atoms. The SMILES string of the molecule is Cl.O=C(CC1CCNCC1)NCC(F)(F)F. The summed E-state index contributed by atoms with van der Waals surface area (Å²) in [4.78, 5) is 11.1. The van der Waals surface area contributed by atoms with Crippen molar-refractivity contribution in [3.8, 4) is 0 Å². The lowest BCUT2D eigenvalue weighted by Crippen LogP contribution is -2.36. The van der Waals surface area contributed by atoms with Crippen molar-refractivity contribution < 1.29 is 18.0 Å². The first-order valence-electron chi connectivity index (χ1n) is 5.01. The van der Waals surface area contributed by atoms with Crippen molar-refractivity contribution in [3.63, 3.8) is 0 Å². The van der Waals surface area contributed by atoms with Gasteiger partial charge in [0.2, 0.25) is 5.91 Å². The Hall–Kier alpha value is -0.490. The van der Waals surface area contributed by atoms with Crippen molar-refractivity contribution in [3.05, 3.63) is 0 Å². The Morgan fingerprint density at radius 1 is 1.31 bits per heavy atom. The Morgan fingerprint density at radius 2 is 1.88 bits per heavy atom. The molecule has 7 heteroatoms. The number of halogens is 4. The highest BCUT2D eigenvalue weighted by atomic mass is 35.5. The van der Waals surface area contributed by atoms with Gasteiger partial charge in [-0.2, -0.15) is 13.2 Å². The minimum atomic E-state index is -4.32. The minimum absolute atomic E-state index is 0. The summed E-state index contributed by atoms with van der Waals surface area (Å²) in [6, 6.07) is 0. The summed E-state index contributed by atoms with van der Waals surface area (Å²) >= 11 is 0. The summed E-state index contributed by atoms with van der Waals surface area (Å²) in [6.45, 7) is 0.464. The summed E-state index contributed by atoms with van der Waals surface area (Å²) in [5, 5.41) is 5.02. The highest BCUT2D eigenvalue weighted by molar-refractivity contribution is 5.85. The maximum absolute atomic E-state index is 11.8. The van der Waals surface area contributed by atoms with E-state index in [1.807, 2.05) is 5.32 Å². The van der Waals surface area contributed by atoms with Gasteiger partial charge in [-0.15, -0.1) is 12.4 Å². The number of alkyl halides is 3. The third kappa shape index (κ3) is 6.90. The molecule has 16 heavy (non-hydrogen) atoms. The molecule has 1 aliphatic heterocycles. The standard InChI is InChI=1S/C9H15F3N2O.ClH/c10-9(11,12)6-14-8(15)5-7-1-3-13-4-2-7;/h7,13H,1-6H2,(H,14,15);1H. The summed E-state index contributed by atoms with van der Waals surface area (Å²) in [5.74, 6) is -0.279. The fraction of sp³-hybridized carbons (Fsp3) is 0.889. The van der Waals surface area contributed by atoms with Gasteiger partial charge < -0.3 is 10.6 Å². The van der Waals surface area contributed by atoms with E-state index in [-0.39, 0.29) is 24.7 Å². The molecule has 0 aromatic carbocycles. The van der Waals surface area contributed by atoms with Crippen molar-refractivity contribution in [1.29, 1.82) is 0 Å². The van der Waals surface area contributed by atoms with Crippen LogP contribution in [0.15, 0.2) is 0 Å². The molecule has 0 radical (unpaired) electrons. The van der Waals surface area contributed by atoms with Crippen LogP contribution in [0, 0.1) is 5.92 Å². The monoisotopic (exact) mass is 260 g/mol. The third-order valence-electron chi connectivity index (χ3n) is 2.42. The normalized spacial score (nSPS) is 17.7. The van der Waals surface area contributed by atoms with Crippen molar-refractivity contribution in [1.82, 2.24) is 10.6 Å². The molecule has 0 aromatic rings. The number of nitrogens with one attached hydrogen (secondary N) is 2. The predicted molar refractivity (Wildman–Crippen MR) is 56.5 cm³/mol. The minimum Gasteiger partial charge on any atom is -0.347 e. The maximum Gasteiger partial charge on any atom is 0.405 e. The van der Waals surface area contributed by atoms with E-state index in [4.69, 9.17) is 0 Å². The van der Waals surface area contributed by atoms with Crippen molar-refractivity contribution in [2.45, 2.75) is 25.4 Å². The Bertz CT molecular complexity index is 217. The van der Waals surface area contributed by atoms with E-state index in [1.165, 1.54) is 0 Å². The second-order valence-corrected chi connectivity index (χ2v) is 3.79. The number of piperidine rings is 1. The Morgan fingerprint density at radius 3 is 2.38 bits per heavy atom. The molecule has 1 saturated heterocycles. The van der Waals surface area contributed by atoms with E-state index < -0.39 is 18.6 Å². The van der Waals surface area contributed by atoms with Crippen LogP contribution in [0.5, 0.6) is 0 Å². The van der Waals surface area contributed by atoms with Crippen LogP contribution in [-0.4, -0.2) is 31.7 Å². The quantitative estimate of drug-likeness (QED) is 0.807. The average Bonchev–Trinajstić information content (AvgIpc) is 2.15. The molecule has 0 bridgehead atoms. The second kappa shape index (κ2) is 6.96. The van der Waals surface area contributed by atoms with Gasteiger partial charge in [-0.1, -0.05) is 0 Å². The molecule has 0 atom stereocenters. The van der Waals surface area contributed by atoms with Crippen LogP contribution in [-0.2, 0) is 4.79 Å². The first kappa shape index (κ1) is 15.5. The van der Waals surface area contributed by atoms with Crippen LogP contribution in [0.1, 0.15) is 19.3 Å². The highest BCUT2D eigenvalue weighted by Gasteiger charge is 2.28. The molecule has 1 rings (SSSR count). The molecular weight excluding hydrogens is 245 g/mol. The van der Waals surface area contributed by atoms with Gasteiger partial charge in [0.05, 0.1) is 0 Å². The first-order valence-corrected chi connectivity index (χ1v) is 5.01. The Balaban J connectivity index is 0.00000225. The van der Waals surface area contributed by atoms with Gasteiger partial charge in [0.1, 0.15) is 6.54 Å². The zero-order valence-corrected chi connectivity index (χ0v) is 9.59. The van der Waals surface area contributed by atoms with Crippen molar-refractivity contribution in [2.75, 3.05) is 19.6 Å². The number of amides is 1. The second-order valence-electron chi connectivity index (χ2n) is 3.79. The van der Waals surface area contributed by atoms with E-state index in [0.717, 1.165) is 25.9 Å². The van der Waals surface area contributed by atoms with Crippen LogP contribution in [0.3, 0.4) is 0 Å². The topological polar surface area (TPSA) is 41.1 Å². The molecule has 0 unspecified atom stereocenters. The van der Waals surface area contributed by atoms with Crippen molar-refractivity contribution >= 4 is 18.3 Å². The lowest BCUT2D eigenvalue weighted by Gasteiger charge is -2.22. The van der Waals surface area contributed by atoms with E-state index in [9.17, 15) is 18.0 Å². The lowest BCUT2D eigenvalue weighted by atomic mass is 9.94. The molecule has 1 aliphatic rings. The Kier molecular flexibility index (Phi) is 6.74. The summed E-state index contributed by atoms with van der Waals surface area (Å²) in [5.41, 5.74) is 0. The Labute approximate surface area is 98.6 Å². The molecule has 3 nitrogen and oxygen atoms in total. The van der Waals surface area contributed by atoms with Crippen LogP contribution in [0.4, 0.5) is 13.2 Å². The van der Waals surface area contributed by atoms with E-state index >= 15 is 0 Å². The van der Waals surface area contributed by atoms with E-state index in [2.05, 4.69) is 5.32 Å². The number of carbonyl (C=O) groups is 1. The van der Waals surface area contributed by atoms with Gasteiger partial charge in [-0.05, 0) is 31.8 Å².